The highest BCUT2D eigenvalue weighted by atomic mass is 16.1. The van der Waals surface area contributed by atoms with Crippen LogP contribution >= 0.6 is 0 Å². The molecule has 4 rings (SSSR count). The van der Waals surface area contributed by atoms with Gasteiger partial charge in [0.2, 0.25) is 0 Å². The van der Waals surface area contributed by atoms with Gasteiger partial charge in [0.25, 0.3) is 0 Å². The van der Waals surface area contributed by atoms with E-state index in [0.29, 0.717) is 0 Å². The summed E-state index contributed by atoms with van der Waals surface area (Å²) >= 11 is 0. The van der Waals surface area contributed by atoms with Crippen LogP contribution < -0.4 is 15.5 Å². The summed E-state index contributed by atoms with van der Waals surface area (Å²) in [5.41, 5.74) is 4.73. The van der Waals surface area contributed by atoms with Crippen molar-refractivity contribution in [3.63, 3.8) is 0 Å². The van der Waals surface area contributed by atoms with E-state index >= 15 is 0 Å². The van der Waals surface area contributed by atoms with E-state index in [9.17, 15) is 4.79 Å². The lowest BCUT2D eigenvalue weighted by molar-refractivity contribution is 0.574. The SMILES string of the molecule is Cc1ccc(N2CCN(c3ccc(-n4ccn(C(C)C)c4=O)cc3)CC2)cc1. The molecule has 28 heavy (non-hydrogen) atoms. The topological polar surface area (TPSA) is 33.4 Å². The summed E-state index contributed by atoms with van der Waals surface area (Å²) in [5.74, 6) is 0. The molecule has 0 unspecified atom stereocenters. The van der Waals surface area contributed by atoms with Crippen LogP contribution in [0.2, 0.25) is 0 Å². The molecule has 1 aliphatic rings. The molecule has 0 saturated carbocycles. The van der Waals surface area contributed by atoms with Gasteiger partial charge in [-0.25, -0.2) is 4.79 Å². The van der Waals surface area contributed by atoms with E-state index in [1.807, 2.05) is 38.4 Å². The van der Waals surface area contributed by atoms with E-state index in [1.165, 1.54) is 16.9 Å². The van der Waals surface area contributed by atoms with E-state index < -0.39 is 0 Å². The number of piperazine rings is 1. The van der Waals surface area contributed by atoms with Crippen LogP contribution in [-0.2, 0) is 0 Å². The molecule has 0 amide bonds. The number of hydrogen-bond acceptors (Lipinski definition) is 3. The molecule has 0 atom stereocenters. The summed E-state index contributed by atoms with van der Waals surface area (Å²) in [4.78, 5) is 17.4. The monoisotopic (exact) mass is 376 g/mol. The zero-order valence-corrected chi connectivity index (χ0v) is 16.9. The van der Waals surface area contributed by atoms with Crippen molar-refractivity contribution in [2.75, 3.05) is 36.0 Å². The lowest BCUT2D eigenvalue weighted by atomic mass is 10.2. The van der Waals surface area contributed by atoms with Crippen molar-refractivity contribution >= 4 is 11.4 Å². The number of hydrogen-bond donors (Lipinski definition) is 0. The summed E-state index contributed by atoms with van der Waals surface area (Å²) in [7, 11) is 0. The molecule has 1 aliphatic heterocycles. The second-order valence-corrected chi connectivity index (χ2v) is 7.78. The molecule has 2 aromatic carbocycles. The first-order valence-electron chi connectivity index (χ1n) is 9.99. The molecule has 1 saturated heterocycles. The molecule has 0 radical (unpaired) electrons. The maximum absolute atomic E-state index is 12.5. The van der Waals surface area contributed by atoms with Crippen molar-refractivity contribution in [1.82, 2.24) is 9.13 Å². The lowest BCUT2D eigenvalue weighted by Crippen LogP contribution is -2.46. The van der Waals surface area contributed by atoms with Crippen LogP contribution in [0.4, 0.5) is 11.4 Å². The van der Waals surface area contributed by atoms with Crippen LogP contribution in [0.3, 0.4) is 0 Å². The van der Waals surface area contributed by atoms with Gasteiger partial charge >= 0.3 is 5.69 Å². The van der Waals surface area contributed by atoms with Crippen molar-refractivity contribution in [2.45, 2.75) is 26.8 Å². The summed E-state index contributed by atoms with van der Waals surface area (Å²) in [6.45, 7) is 10.2. The minimum Gasteiger partial charge on any atom is -0.368 e. The van der Waals surface area contributed by atoms with Gasteiger partial charge in [-0.1, -0.05) is 17.7 Å². The Morgan fingerprint density at radius 2 is 1.18 bits per heavy atom. The van der Waals surface area contributed by atoms with Gasteiger partial charge in [0.1, 0.15) is 0 Å². The maximum Gasteiger partial charge on any atom is 0.332 e. The summed E-state index contributed by atoms with van der Waals surface area (Å²) in [6.07, 6.45) is 3.70. The first kappa shape index (κ1) is 18.4. The van der Waals surface area contributed by atoms with Gasteiger partial charge in [-0.15, -0.1) is 0 Å². The predicted octanol–water partition coefficient (Wildman–Crippen LogP) is 3.85. The quantitative estimate of drug-likeness (QED) is 0.693. The summed E-state index contributed by atoms with van der Waals surface area (Å²) in [6, 6.07) is 17.2. The third-order valence-electron chi connectivity index (χ3n) is 5.53. The van der Waals surface area contributed by atoms with E-state index in [4.69, 9.17) is 0 Å². The highest BCUT2D eigenvalue weighted by molar-refractivity contribution is 5.54. The van der Waals surface area contributed by atoms with Crippen LogP contribution in [0.1, 0.15) is 25.5 Å². The normalized spacial score (nSPS) is 14.7. The Balaban J connectivity index is 1.44. The molecule has 1 aromatic heterocycles. The summed E-state index contributed by atoms with van der Waals surface area (Å²) < 4.78 is 3.46. The highest BCUT2D eigenvalue weighted by Gasteiger charge is 2.17. The zero-order valence-electron chi connectivity index (χ0n) is 16.9. The van der Waals surface area contributed by atoms with Crippen molar-refractivity contribution in [3.05, 3.63) is 77.0 Å². The van der Waals surface area contributed by atoms with Crippen molar-refractivity contribution in [2.24, 2.45) is 0 Å². The average Bonchev–Trinajstić information content (AvgIpc) is 3.10. The van der Waals surface area contributed by atoms with E-state index in [0.717, 1.165) is 31.9 Å². The predicted molar refractivity (Wildman–Crippen MR) is 116 cm³/mol. The molecule has 0 spiro atoms. The van der Waals surface area contributed by atoms with Gasteiger partial charge in [-0.05, 0) is 57.2 Å². The van der Waals surface area contributed by atoms with E-state index in [-0.39, 0.29) is 11.7 Å². The molecule has 146 valence electrons. The Hall–Kier alpha value is -2.95. The molecule has 0 bridgehead atoms. The van der Waals surface area contributed by atoms with Crippen molar-refractivity contribution in [1.29, 1.82) is 0 Å². The summed E-state index contributed by atoms with van der Waals surface area (Å²) in [5, 5.41) is 0. The standard InChI is InChI=1S/C23H28N4O/c1-18(2)26-16-17-27(23(26)28)22-10-8-21(9-11-22)25-14-12-24(13-15-25)20-6-4-19(3)5-7-20/h4-11,16-18H,12-15H2,1-3H3. The Kier molecular flexibility index (Phi) is 4.99. The second-order valence-electron chi connectivity index (χ2n) is 7.78. The van der Waals surface area contributed by atoms with Gasteiger partial charge in [0, 0.05) is 56.0 Å². The molecule has 2 heterocycles. The number of nitrogens with zero attached hydrogens (tertiary/aromatic N) is 4. The number of aromatic nitrogens is 2. The third-order valence-corrected chi connectivity index (χ3v) is 5.53. The third kappa shape index (κ3) is 3.57. The Labute approximate surface area is 166 Å². The lowest BCUT2D eigenvalue weighted by Gasteiger charge is -2.37. The molecule has 5 nitrogen and oxygen atoms in total. The molecule has 1 fully saturated rings. The van der Waals surface area contributed by atoms with Gasteiger partial charge in [0.15, 0.2) is 0 Å². The fourth-order valence-electron chi connectivity index (χ4n) is 3.78. The Morgan fingerprint density at radius 3 is 1.64 bits per heavy atom. The smallest absolute Gasteiger partial charge is 0.332 e. The van der Waals surface area contributed by atoms with Gasteiger partial charge in [0.05, 0.1) is 5.69 Å². The van der Waals surface area contributed by atoms with Crippen LogP contribution in [0.15, 0.2) is 65.7 Å². The fourth-order valence-corrected chi connectivity index (χ4v) is 3.78. The largest absolute Gasteiger partial charge is 0.368 e. The fraction of sp³-hybridized carbons (Fsp3) is 0.348. The average molecular weight is 377 g/mol. The van der Waals surface area contributed by atoms with E-state index in [1.54, 1.807) is 9.13 Å². The molecule has 0 N–H and O–H groups in total. The van der Waals surface area contributed by atoms with Crippen molar-refractivity contribution < 1.29 is 0 Å². The number of anilines is 2. The van der Waals surface area contributed by atoms with Gasteiger partial charge < -0.3 is 9.80 Å². The zero-order chi connectivity index (χ0) is 19.7. The molecule has 0 aliphatic carbocycles. The van der Waals surface area contributed by atoms with Gasteiger partial charge in [-0.3, -0.25) is 9.13 Å². The maximum atomic E-state index is 12.5. The van der Waals surface area contributed by atoms with Crippen LogP contribution in [0, 0.1) is 6.92 Å². The second kappa shape index (κ2) is 7.58. The minimum atomic E-state index is 0.00876. The van der Waals surface area contributed by atoms with Crippen LogP contribution in [0.5, 0.6) is 0 Å². The molecular formula is C23H28N4O. The highest BCUT2D eigenvalue weighted by Crippen LogP contribution is 2.22. The van der Waals surface area contributed by atoms with Crippen molar-refractivity contribution in [3.8, 4) is 5.69 Å². The number of benzene rings is 2. The number of imidazole rings is 1. The van der Waals surface area contributed by atoms with Crippen LogP contribution in [-0.4, -0.2) is 35.3 Å². The minimum absolute atomic E-state index is 0.00876. The Morgan fingerprint density at radius 1 is 0.714 bits per heavy atom. The first-order valence-corrected chi connectivity index (χ1v) is 9.99. The van der Waals surface area contributed by atoms with Crippen LogP contribution in [0.25, 0.3) is 5.69 Å². The Bertz CT molecular complexity index is 975. The van der Waals surface area contributed by atoms with E-state index in [2.05, 4.69) is 53.1 Å². The number of rotatable bonds is 4. The molecular weight excluding hydrogens is 348 g/mol. The molecule has 3 aromatic rings. The number of aryl methyl sites for hydroxylation is 1. The first-order chi connectivity index (χ1) is 13.5. The molecule has 5 heteroatoms. The van der Waals surface area contributed by atoms with Gasteiger partial charge in [-0.2, -0.15) is 0 Å².